The van der Waals surface area contributed by atoms with Gasteiger partial charge in [0.1, 0.15) is 0 Å². The summed E-state index contributed by atoms with van der Waals surface area (Å²) in [6, 6.07) is 0. The van der Waals surface area contributed by atoms with Crippen LogP contribution in [0.4, 0.5) is 0 Å². The summed E-state index contributed by atoms with van der Waals surface area (Å²) < 4.78 is 1.93. The molecule has 3 N–H and O–H groups in total. The second-order valence-corrected chi connectivity index (χ2v) is 5.28. The number of nitrogens with two attached hydrogens (primary N) is 1. The summed E-state index contributed by atoms with van der Waals surface area (Å²) in [5, 5.41) is 7.59. The summed E-state index contributed by atoms with van der Waals surface area (Å²) in [7, 11) is 1.98. The van der Waals surface area contributed by atoms with E-state index in [1.165, 1.54) is 30.5 Å². The monoisotopic (exact) mass is 279 g/mol. The average molecular weight is 279 g/mol. The Hall–Kier alpha value is -1.52. The zero-order valence-electron chi connectivity index (χ0n) is 13.4. The first-order valence-electron chi connectivity index (χ1n) is 7.59. The lowest BCUT2D eigenvalue weighted by Crippen LogP contribution is -2.33. The first-order chi connectivity index (χ1) is 9.56. The standard InChI is InChI=1S/C15H29N5/c1-5-6-7-8-10-17-15(16)18-11-9-14-12(2)19-20(4)13(14)3/h5-11H2,1-4H3,(H3,16,17,18). The van der Waals surface area contributed by atoms with Crippen LogP contribution in [0.5, 0.6) is 0 Å². The third kappa shape index (κ3) is 5.23. The molecule has 1 aromatic rings. The molecule has 0 spiro atoms. The molecule has 0 aliphatic rings. The highest BCUT2D eigenvalue weighted by Crippen LogP contribution is 2.11. The molecule has 0 saturated carbocycles. The number of nitrogens with zero attached hydrogens (tertiary/aromatic N) is 3. The highest BCUT2D eigenvalue weighted by Gasteiger charge is 2.08. The van der Waals surface area contributed by atoms with Crippen molar-refractivity contribution in [3.63, 3.8) is 0 Å². The lowest BCUT2D eigenvalue weighted by atomic mass is 10.1. The van der Waals surface area contributed by atoms with E-state index in [0.717, 1.165) is 31.6 Å². The van der Waals surface area contributed by atoms with E-state index in [0.29, 0.717) is 5.96 Å². The number of rotatable bonds is 8. The zero-order valence-corrected chi connectivity index (χ0v) is 13.4. The molecule has 0 unspecified atom stereocenters. The quantitative estimate of drug-likeness (QED) is 0.435. The lowest BCUT2D eigenvalue weighted by molar-refractivity contribution is 0.673. The van der Waals surface area contributed by atoms with Crippen molar-refractivity contribution in [1.82, 2.24) is 15.1 Å². The summed E-state index contributed by atoms with van der Waals surface area (Å²) in [5.41, 5.74) is 9.47. The van der Waals surface area contributed by atoms with E-state index in [9.17, 15) is 0 Å². The fourth-order valence-electron chi connectivity index (χ4n) is 2.29. The number of nitrogens with one attached hydrogen (secondary N) is 1. The molecule has 5 nitrogen and oxygen atoms in total. The third-order valence-corrected chi connectivity index (χ3v) is 3.63. The summed E-state index contributed by atoms with van der Waals surface area (Å²) in [6.07, 6.45) is 5.82. The molecule has 0 atom stereocenters. The van der Waals surface area contributed by atoms with Gasteiger partial charge in [-0.2, -0.15) is 5.10 Å². The smallest absolute Gasteiger partial charge is 0.188 e. The van der Waals surface area contributed by atoms with E-state index in [1.54, 1.807) is 0 Å². The molecular formula is C15H29N5. The normalized spacial score (nSPS) is 11.9. The van der Waals surface area contributed by atoms with Crippen molar-refractivity contribution < 1.29 is 0 Å². The molecule has 0 fully saturated rings. The van der Waals surface area contributed by atoms with Gasteiger partial charge in [-0.25, -0.2) is 0 Å². The Labute approximate surface area is 122 Å². The number of aryl methyl sites for hydroxylation is 2. The van der Waals surface area contributed by atoms with Crippen LogP contribution in [0.25, 0.3) is 0 Å². The van der Waals surface area contributed by atoms with Gasteiger partial charge in [0.05, 0.1) is 5.69 Å². The minimum absolute atomic E-state index is 0.556. The molecule has 5 heteroatoms. The third-order valence-electron chi connectivity index (χ3n) is 3.63. The number of aliphatic imine (C=N–C) groups is 1. The molecule has 0 saturated heterocycles. The van der Waals surface area contributed by atoms with Gasteiger partial charge in [0, 0.05) is 25.8 Å². The number of hydrogen-bond donors (Lipinski definition) is 2. The van der Waals surface area contributed by atoms with Gasteiger partial charge < -0.3 is 11.1 Å². The summed E-state index contributed by atoms with van der Waals surface area (Å²) in [4.78, 5) is 4.34. The highest BCUT2D eigenvalue weighted by atomic mass is 15.3. The Morgan fingerprint density at radius 1 is 1.30 bits per heavy atom. The Morgan fingerprint density at radius 2 is 2.05 bits per heavy atom. The Kier molecular flexibility index (Phi) is 7.12. The van der Waals surface area contributed by atoms with Crippen LogP contribution in [0, 0.1) is 13.8 Å². The summed E-state index contributed by atoms with van der Waals surface area (Å²) >= 11 is 0. The van der Waals surface area contributed by atoms with E-state index in [1.807, 2.05) is 18.7 Å². The average Bonchev–Trinajstić information content (AvgIpc) is 2.65. The van der Waals surface area contributed by atoms with Crippen LogP contribution < -0.4 is 11.1 Å². The zero-order chi connectivity index (χ0) is 15.0. The Bertz CT molecular complexity index is 434. The van der Waals surface area contributed by atoms with E-state index in [4.69, 9.17) is 5.73 Å². The van der Waals surface area contributed by atoms with Gasteiger partial charge in [-0.1, -0.05) is 26.2 Å². The minimum Gasteiger partial charge on any atom is -0.370 e. The van der Waals surface area contributed by atoms with Crippen LogP contribution in [-0.4, -0.2) is 28.8 Å². The number of guanidine groups is 1. The van der Waals surface area contributed by atoms with Crippen molar-refractivity contribution in [1.29, 1.82) is 0 Å². The second kappa shape index (κ2) is 8.61. The number of unbranched alkanes of at least 4 members (excludes halogenated alkanes) is 3. The van der Waals surface area contributed by atoms with Gasteiger partial charge in [-0.3, -0.25) is 9.67 Å². The lowest BCUT2D eigenvalue weighted by Gasteiger charge is -2.06. The van der Waals surface area contributed by atoms with Gasteiger partial charge in [-0.05, 0) is 32.3 Å². The van der Waals surface area contributed by atoms with Gasteiger partial charge in [0.2, 0.25) is 0 Å². The predicted molar refractivity (Wildman–Crippen MR) is 85.0 cm³/mol. The van der Waals surface area contributed by atoms with Crippen molar-refractivity contribution in [2.45, 2.75) is 52.9 Å². The van der Waals surface area contributed by atoms with Gasteiger partial charge in [0.25, 0.3) is 0 Å². The molecule has 1 heterocycles. The van der Waals surface area contributed by atoms with E-state index >= 15 is 0 Å². The van der Waals surface area contributed by atoms with E-state index in [-0.39, 0.29) is 0 Å². The topological polar surface area (TPSA) is 68.2 Å². The molecule has 114 valence electrons. The first kappa shape index (κ1) is 16.5. The SMILES string of the molecule is CCCCCCN=C(N)NCCc1c(C)nn(C)c1C. The number of aromatic nitrogens is 2. The first-order valence-corrected chi connectivity index (χ1v) is 7.59. The predicted octanol–water partition coefficient (Wildman–Crippen LogP) is 2.06. The maximum atomic E-state index is 5.85. The van der Waals surface area contributed by atoms with Gasteiger partial charge >= 0.3 is 0 Å². The van der Waals surface area contributed by atoms with Crippen molar-refractivity contribution in [2.24, 2.45) is 17.8 Å². The number of hydrogen-bond acceptors (Lipinski definition) is 2. The van der Waals surface area contributed by atoms with E-state index < -0.39 is 0 Å². The van der Waals surface area contributed by atoms with Crippen LogP contribution >= 0.6 is 0 Å². The molecule has 0 bridgehead atoms. The van der Waals surface area contributed by atoms with Crippen LogP contribution in [0.2, 0.25) is 0 Å². The molecular weight excluding hydrogens is 250 g/mol. The van der Waals surface area contributed by atoms with Crippen molar-refractivity contribution in [3.05, 3.63) is 17.0 Å². The van der Waals surface area contributed by atoms with Crippen LogP contribution in [-0.2, 0) is 13.5 Å². The molecule has 0 aromatic carbocycles. The van der Waals surface area contributed by atoms with Crippen molar-refractivity contribution in [2.75, 3.05) is 13.1 Å². The molecule has 20 heavy (non-hydrogen) atoms. The van der Waals surface area contributed by atoms with Crippen molar-refractivity contribution >= 4 is 5.96 Å². The molecule has 1 rings (SSSR count). The second-order valence-electron chi connectivity index (χ2n) is 5.28. The molecule has 0 radical (unpaired) electrons. The van der Waals surface area contributed by atoms with Crippen LogP contribution in [0.1, 0.15) is 49.6 Å². The molecule has 0 aliphatic heterocycles. The van der Waals surface area contributed by atoms with E-state index in [2.05, 4.69) is 29.3 Å². The van der Waals surface area contributed by atoms with Crippen LogP contribution in [0.3, 0.4) is 0 Å². The Morgan fingerprint density at radius 3 is 2.65 bits per heavy atom. The Balaban J connectivity index is 2.27. The molecule has 0 aliphatic carbocycles. The fourth-order valence-corrected chi connectivity index (χ4v) is 2.29. The minimum atomic E-state index is 0.556. The molecule has 0 amide bonds. The van der Waals surface area contributed by atoms with Crippen molar-refractivity contribution in [3.8, 4) is 0 Å². The largest absolute Gasteiger partial charge is 0.370 e. The maximum absolute atomic E-state index is 5.85. The molecule has 1 aromatic heterocycles. The summed E-state index contributed by atoms with van der Waals surface area (Å²) in [5.74, 6) is 0.556. The highest BCUT2D eigenvalue weighted by molar-refractivity contribution is 5.77. The summed E-state index contributed by atoms with van der Waals surface area (Å²) in [6.45, 7) is 7.98. The van der Waals surface area contributed by atoms with Crippen LogP contribution in [0.15, 0.2) is 4.99 Å². The van der Waals surface area contributed by atoms with Gasteiger partial charge in [0.15, 0.2) is 5.96 Å². The fraction of sp³-hybridized carbons (Fsp3) is 0.733. The van der Waals surface area contributed by atoms with Gasteiger partial charge in [-0.15, -0.1) is 0 Å². The maximum Gasteiger partial charge on any atom is 0.188 e.